The maximum atomic E-state index is 13.1. The quantitative estimate of drug-likeness (QED) is 0.930. The lowest BCUT2D eigenvalue weighted by molar-refractivity contribution is 0.0692. The number of pyridine rings is 1. The first kappa shape index (κ1) is 14.3. The second-order valence-corrected chi connectivity index (χ2v) is 4.65. The Morgan fingerprint density at radius 2 is 2.05 bits per heavy atom. The van der Waals surface area contributed by atoms with Crippen LogP contribution in [0.15, 0.2) is 24.3 Å². The zero-order valence-corrected chi connectivity index (χ0v) is 11.5. The van der Waals surface area contributed by atoms with Gasteiger partial charge in [0, 0.05) is 11.8 Å². The van der Waals surface area contributed by atoms with Gasteiger partial charge in [-0.25, -0.2) is 14.2 Å². The molecule has 0 bridgehead atoms. The smallest absolute Gasteiger partial charge is 0.341 e. The van der Waals surface area contributed by atoms with Crippen LogP contribution in [-0.4, -0.2) is 16.1 Å². The topological polar surface area (TPSA) is 59.4 Å². The van der Waals surface area contributed by atoms with Gasteiger partial charge in [-0.2, -0.15) is 0 Å². The molecule has 0 saturated heterocycles. The summed E-state index contributed by atoms with van der Waals surface area (Å²) >= 11 is 5.65. The number of carbonyl (C=O) groups is 1. The lowest BCUT2D eigenvalue weighted by atomic mass is 10.1. The summed E-state index contributed by atoms with van der Waals surface area (Å²) in [7, 11) is 0. The highest BCUT2D eigenvalue weighted by Gasteiger charge is 2.18. The van der Waals surface area contributed by atoms with Gasteiger partial charge in [-0.3, -0.25) is 0 Å². The number of carboxylic acids is 1. The molecule has 6 heteroatoms. The van der Waals surface area contributed by atoms with Crippen LogP contribution in [0.3, 0.4) is 0 Å². The van der Waals surface area contributed by atoms with Crippen molar-refractivity contribution in [1.82, 2.24) is 4.98 Å². The number of benzene rings is 1. The largest absolute Gasteiger partial charge is 0.477 e. The number of halogens is 2. The third-order valence-electron chi connectivity index (χ3n) is 2.63. The molecule has 2 aromatic rings. The molecule has 0 saturated carbocycles. The van der Waals surface area contributed by atoms with E-state index in [9.17, 15) is 14.3 Å². The van der Waals surface area contributed by atoms with Crippen LogP contribution in [0.2, 0.25) is 5.02 Å². The maximum absolute atomic E-state index is 13.1. The zero-order valence-electron chi connectivity index (χ0n) is 10.8. The summed E-state index contributed by atoms with van der Waals surface area (Å²) in [5, 5.41) is 9.10. The van der Waals surface area contributed by atoms with Crippen LogP contribution >= 0.6 is 11.6 Å². The van der Waals surface area contributed by atoms with Crippen LogP contribution in [0.5, 0.6) is 11.6 Å². The van der Waals surface area contributed by atoms with Crippen LogP contribution in [0.25, 0.3) is 0 Å². The SMILES string of the molecule is Cc1cc(C)c(C(=O)O)c(Oc2ccc(F)c(Cl)c2)n1. The monoisotopic (exact) mass is 295 g/mol. The molecule has 4 nitrogen and oxygen atoms in total. The predicted molar refractivity (Wildman–Crippen MR) is 72.2 cm³/mol. The molecule has 1 aromatic carbocycles. The average Bonchev–Trinajstić information content (AvgIpc) is 2.32. The van der Waals surface area contributed by atoms with E-state index in [-0.39, 0.29) is 22.2 Å². The van der Waals surface area contributed by atoms with Crippen molar-refractivity contribution in [2.24, 2.45) is 0 Å². The summed E-state index contributed by atoms with van der Waals surface area (Å²) in [5.74, 6) is -1.54. The van der Waals surface area contributed by atoms with Gasteiger partial charge in [-0.1, -0.05) is 11.6 Å². The molecule has 0 aliphatic heterocycles. The molecule has 2 rings (SSSR count). The van der Waals surface area contributed by atoms with E-state index < -0.39 is 11.8 Å². The fourth-order valence-corrected chi connectivity index (χ4v) is 1.96. The molecular formula is C14H11ClFNO3. The Morgan fingerprint density at radius 3 is 2.65 bits per heavy atom. The molecule has 0 atom stereocenters. The van der Waals surface area contributed by atoms with Gasteiger partial charge in [-0.15, -0.1) is 0 Å². The minimum absolute atomic E-state index is 0.0314. The molecule has 0 unspecified atom stereocenters. The standard InChI is InChI=1S/C14H11ClFNO3/c1-7-5-8(2)17-13(12(7)14(18)19)20-9-3-4-11(16)10(15)6-9/h3-6H,1-2H3,(H,18,19). The van der Waals surface area contributed by atoms with Gasteiger partial charge in [-0.05, 0) is 37.6 Å². The lowest BCUT2D eigenvalue weighted by Gasteiger charge is -2.11. The van der Waals surface area contributed by atoms with E-state index in [1.54, 1.807) is 19.9 Å². The van der Waals surface area contributed by atoms with E-state index in [0.717, 1.165) is 6.07 Å². The molecule has 0 radical (unpaired) electrons. The molecule has 1 N–H and O–H groups in total. The van der Waals surface area contributed by atoms with Gasteiger partial charge in [0.05, 0.1) is 5.02 Å². The lowest BCUT2D eigenvalue weighted by Crippen LogP contribution is -2.06. The Balaban J connectivity index is 2.47. The number of hydrogen-bond acceptors (Lipinski definition) is 3. The predicted octanol–water partition coefficient (Wildman–Crippen LogP) is 3.98. The molecule has 0 spiro atoms. The number of carboxylic acid groups (broad SMARTS) is 1. The summed E-state index contributed by atoms with van der Waals surface area (Å²) in [6.45, 7) is 3.38. The molecule has 0 aliphatic carbocycles. The van der Waals surface area contributed by atoms with Crippen LogP contribution in [-0.2, 0) is 0 Å². The van der Waals surface area contributed by atoms with E-state index in [2.05, 4.69) is 4.98 Å². The summed E-state index contributed by atoms with van der Waals surface area (Å²) in [4.78, 5) is 15.3. The van der Waals surface area contributed by atoms with Crippen molar-refractivity contribution >= 4 is 17.6 Å². The number of aryl methyl sites for hydroxylation is 2. The molecule has 0 amide bonds. The Bertz CT molecular complexity index is 688. The van der Waals surface area contributed by atoms with E-state index in [1.807, 2.05) is 0 Å². The number of aromatic carboxylic acids is 1. The number of aromatic nitrogens is 1. The number of ether oxygens (including phenoxy) is 1. The molecule has 0 fully saturated rings. The van der Waals surface area contributed by atoms with Gasteiger partial charge in [0.2, 0.25) is 5.88 Å². The third-order valence-corrected chi connectivity index (χ3v) is 2.92. The highest BCUT2D eigenvalue weighted by molar-refractivity contribution is 6.30. The van der Waals surface area contributed by atoms with Crippen LogP contribution in [0, 0.1) is 19.7 Å². The summed E-state index contributed by atoms with van der Waals surface area (Å²) < 4.78 is 18.5. The Kier molecular flexibility index (Phi) is 3.90. The number of nitrogens with zero attached hydrogens (tertiary/aromatic N) is 1. The maximum Gasteiger partial charge on any atom is 0.341 e. The molecule has 20 heavy (non-hydrogen) atoms. The minimum Gasteiger partial charge on any atom is -0.477 e. The average molecular weight is 296 g/mol. The zero-order chi connectivity index (χ0) is 14.9. The summed E-state index contributed by atoms with van der Waals surface area (Å²) in [6.07, 6.45) is 0. The van der Waals surface area contributed by atoms with Gasteiger partial charge in [0.25, 0.3) is 0 Å². The van der Waals surface area contributed by atoms with Crippen molar-refractivity contribution in [1.29, 1.82) is 0 Å². The third kappa shape index (κ3) is 2.88. The Labute approximate surface area is 119 Å². The van der Waals surface area contributed by atoms with Crippen molar-refractivity contribution in [3.63, 3.8) is 0 Å². The molecule has 1 aromatic heterocycles. The van der Waals surface area contributed by atoms with E-state index >= 15 is 0 Å². The van der Waals surface area contributed by atoms with Crippen molar-refractivity contribution in [2.75, 3.05) is 0 Å². The Hall–Kier alpha value is -2.14. The van der Waals surface area contributed by atoms with Gasteiger partial charge >= 0.3 is 5.97 Å². The molecule has 104 valence electrons. The fourth-order valence-electron chi connectivity index (χ4n) is 1.79. The molecular weight excluding hydrogens is 285 g/mol. The highest BCUT2D eigenvalue weighted by atomic mass is 35.5. The first-order valence-corrected chi connectivity index (χ1v) is 6.10. The molecule has 0 aliphatic rings. The fraction of sp³-hybridized carbons (Fsp3) is 0.143. The first-order chi connectivity index (χ1) is 9.38. The normalized spacial score (nSPS) is 10.4. The second-order valence-electron chi connectivity index (χ2n) is 4.24. The highest BCUT2D eigenvalue weighted by Crippen LogP contribution is 2.29. The number of hydrogen-bond donors (Lipinski definition) is 1. The summed E-state index contributed by atoms with van der Waals surface area (Å²) in [5.41, 5.74) is 1.12. The van der Waals surface area contributed by atoms with Crippen LogP contribution in [0.1, 0.15) is 21.6 Å². The van der Waals surface area contributed by atoms with E-state index in [0.29, 0.717) is 11.3 Å². The van der Waals surface area contributed by atoms with Crippen LogP contribution in [0.4, 0.5) is 4.39 Å². The van der Waals surface area contributed by atoms with E-state index in [4.69, 9.17) is 16.3 Å². The van der Waals surface area contributed by atoms with E-state index in [1.165, 1.54) is 12.1 Å². The van der Waals surface area contributed by atoms with Gasteiger partial charge in [0.1, 0.15) is 17.1 Å². The first-order valence-electron chi connectivity index (χ1n) is 5.73. The van der Waals surface area contributed by atoms with Gasteiger partial charge in [0.15, 0.2) is 0 Å². The number of rotatable bonds is 3. The van der Waals surface area contributed by atoms with Crippen molar-refractivity contribution in [2.45, 2.75) is 13.8 Å². The Morgan fingerprint density at radius 1 is 1.35 bits per heavy atom. The summed E-state index contributed by atoms with van der Waals surface area (Å²) in [6, 6.07) is 5.41. The van der Waals surface area contributed by atoms with Gasteiger partial charge < -0.3 is 9.84 Å². The molecule has 1 heterocycles. The minimum atomic E-state index is -1.14. The second kappa shape index (κ2) is 5.46. The van der Waals surface area contributed by atoms with Crippen molar-refractivity contribution < 1.29 is 19.0 Å². The van der Waals surface area contributed by atoms with Crippen LogP contribution < -0.4 is 4.74 Å². The van der Waals surface area contributed by atoms with Crippen molar-refractivity contribution in [3.05, 3.63) is 51.9 Å². The van der Waals surface area contributed by atoms with Crippen molar-refractivity contribution in [3.8, 4) is 11.6 Å².